The van der Waals surface area contributed by atoms with Crippen molar-refractivity contribution in [2.24, 2.45) is 0 Å². The Kier molecular flexibility index (Phi) is 11.5. The maximum Gasteiger partial charge on any atom is 0.145 e. The molecule has 3 aromatic heterocycles. The molecule has 0 aliphatic heterocycles. The first-order valence-electron chi connectivity index (χ1n) is 28.3. The van der Waals surface area contributed by atoms with Crippen molar-refractivity contribution in [3.63, 3.8) is 0 Å². The van der Waals surface area contributed by atoms with Gasteiger partial charge in [0, 0.05) is 33.2 Å². The molecule has 0 spiro atoms. The van der Waals surface area contributed by atoms with Crippen molar-refractivity contribution in [3.05, 3.63) is 303 Å². The van der Waals surface area contributed by atoms with Gasteiger partial charge in [-0.05, 0) is 136 Å². The van der Waals surface area contributed by atoms with E-state index < -0.39 is 0 Å². The summed E-state index contributed by atoms with van der Waals surface area (Å²) in [6, 6.07) is 109. The molecule has 0 fully saturated rings. The minimum absolute atomic E-state index is 0.852. The Morgan fingerprint density at radius 1 is 0.241 bits per heavy atom. The Balaban J connectivity index is 0.834. The van der Waals surface area contributed by atoms with E-state index >= 15 is 0 Å². The number of nitrogens with zero attached hydrogens (tertiary/aromatic N) is 4. The van der Waals surface area contributed by atoms with E-state index in [4.69, 9.17) is 15.0 Å². The van der Waals surface area contributed by atoms with Crippen molar-refractivity contribution in [1.29, 1.82) is 0 Å². The molecule has 0 radical (unpaired) electrons. The van der Waals surface area contributed by atoms with Crippen LogP contribution in [0.5, 0.6) is 0 Å². The molecule has 4 heteroatoms. The van der Waals surface area contributed by atoms with Crippen LogP contribution < -0.4 is 0 Å². The van der Waals surface area contributed by atoms with E-state index in [1.807, 2.05) is 12.1 Å². The zero-order valence-electron chi connectivity index (χ0n) is 45.2. The molecule has 0 saturated heterocycles. The minimum atomic E-state index is 0.852. The molecule has 0 unspecified atom stereocenters. The maximum absolute atomic E-state index is 5.66. The van der Waals surface area contributed by atoms with Crippen molar-refractivity contribution in [1.82, 2.24) is 19.5 Å². The number of para-hydroxylation sites is 3. The van der Waals surface area contributed by atoms with Gasteiger partial charge in [0.05, 0.1) is 33.5 Å². The Labute approximate surface area is 480 Å². The first-order chi connectivity index (χ1) is 41.1. The standard InChI is InChI=1S/C79H50N4/c1-4-20-52(21-5-1)69-49-72(54-36-40-56(41-37-54)75-63-29-12-14-31-65(63)76(66-32-15-13-30-64(66)75)61-26-18-25-59(48-61)60-44-35-51-19-10-11-24-58(51)47-60)80-77-67(69)45-46-68-70(53-22-6-2-7-23-53)50-73(81-78(68)77)55-38-42-57(43-39-55)79-82-71-33-16-17-34-74(71)83(79)62-27-8-3-9-28-62/h1-50H. The third-order valence-corrected chi connectivity index (χ3v) is 16.6. The lowest BCUT2D eigenvalue weighted by Gasteiger charge is -2.18. The second-order valence-electron chi connectivity index (χ2n) is 21.4. The van der Waals surface area contributed by atoms with Gasteiger partial charge in [0.25, 0.3) is 0 Å². The van der Waals surface area contributed by atoms with Crippen LogP contribution in [0, 0.1) is 0 Å². The van der Waals surface area contributed by atoms with Crippen LogP contribution in [0.15, 0.2) is 303 Å². The number of pyridine rings is 2. The summed E-state index contributed by atoms with van der Waals surface area (Å²) in [6.45, 7) is 0. The Morgan fingerprint density at radius 3 is 1.27 bits per heavy atom. The lowest BCUT2D eigenvalue weighted by atomic mass is 9.85. The average Bonchev–Trinajstić information content (AvgIpc) is 3.63. The fraction of sp³-hybridized carbons (Fsp3) is 0. The van der Waals surface area contributed by atoms with E-state index in [9.17, 15) is 0 Å². The van der Waals surface area contributed by atoms with Crippen LogP contribution in [0.2, 0.25) is 0 Å². The molecular weight excluding hydrogens is 1000 g/mol. The second kappa shape index (κ2) is 19.9. The molecule has 0 aliphatic rings. The van der Waals surface area contributed by atoms with Gasteiger partial charge >= 0.3 is 0 Å². The number of hydrogen-bond donors (Lipinski definition) is 0. The molecule has 0 amide bonds. The summed E-state index contributed by atoms with van der Waals surface area (Å²) in [5, 5.41) is 9.44. The van der Waals surface area contributed by atoms with Crippen molar-refractivity contribution in [2.75, 3.05) is 0 Å². The first-order valence-corrected chi connectivity index (χ1v) is 28.3. The van der Waals surface area contributed by atoms with Gasteiger partial charge in [0.2, 0.25) is 0 Å². The van der Waals surface area contributed by atoms with Crippen LogP contribution in [0.4, 0.5) is 0 Å². The number of fused-ring (bicyclic) bond motifs is 7. The van der Waals surface area contributed by atoms with Crippen molar-refractivity contribution < 1.29 is 0 Å². The number of benzene rings is 13. The number of rotatable bonds is 9. The lowest BCUT2D eigenvalue weighted by Crippen LogP contribution is -1.97. The zero-order valence-corrected chi connectivity index (χ0v) is 45.2. The molecule has 83 heavy (non-hydrogen) atoms. The van der Waals surface area contributed by atoms with E-state index in [-0.39, 0.29) is 0 Å². The third kappa shape index (κ3) is 8.35. The molecule has 13 aromatic carbocycles. The van der Waals surface area contributed by atoms with Gasteiger partial charge in [0.15, 0.2) is 0 Å². The predicted molar refractivity (Wildman–Crippen MR) is 348 cm³/mol. The molecular formula is C79H50N4. The quantitative estimate of drug-likeness (QED) is 0.107. The molecule has 3 heterocycles. The number of hydrogen-bond acceptors (Lipinski definition) is 3. The number of imidazole rings is 1. The minimum Gasteiger partial charge on any atom is -0.292 e. The van der Waals surface area contributed by atoms with Crippen molar-refractivity contribution >= 4 is 65.2 Å². The Bertz CT molecular complexity index is 5110. The highest BCUT2D eigenvalue weighted by Gasteiger charge is 2.21. The molecule has 0 N–H and O–H groups in total. The molecule has 0 bridgehead atoms. The van der Waals surface area contributed by atoms with E-state index in [0.29, 0.717) is 0 Å². The van der Waals surface area contributed by atoms with Gasteiger partial charge in [-0.25, -0.2) is 15.0 Å². The zero-order chi connectivity index (χ0) is 54.8. The summed E-state index contributed by atoms with van der Waals surface area (Å²) in [7, 11) is 0. The molecule has 16 aromatic rings. The fourth-order valence-corrected chi connectivity index (χ4v) is 12.6. The highest BCUT2D eigenvalue weighted by Crippen LogP contribution is 2.46. The van der Waals surface area contributed by atoms with Crippen LogP contribution in [0.1, 0.15) is 0 Å². The van der Waals surface area contributed by atoms with Crippen LogP contribution in [0.3, 0.4) is 0 Å². The summed E-state index contributed by atoms with van der Waals surface area (Å²) in [5.41, 5.74) is 21.2. The van der Waals surface area contributed by atoms with E-state index in [0.717, 1.165) is 100 Å². The van der Waals surface area contributed by atoms with E-state index in [2.05, 4.69) is 296 Å². The SMILES string of the molecule is c1ccc(-c2cc(-c3ccc(-c4c5ccccc5c(-c5cccc(-c6ccc7ccccc7c6)c5)c5ccccc45)cc3)nc3c2ccc2c(-c4ccccc4)cc(-c4ccc(-c5nc6ccccc6n5-c5ccccc5)cc4)nc23)cc1. The van der Waals surface area contributed by atoms with Gasteiger partial charge in [0.1, 0.15) is 5.82 Å². The molecule has 0 atom stereocenters. The van der Waals surface area contributed by atoms with Crippen molar-refractivity contribution in [3.8, 4) is 95.2 Å². The molecule has 0 saturated carbocycles. The second-order valence-corrected chi connectivity index (χ2v) is 21.4. The van der Waals surface area contributed by atoms with Gasteiger partial charge in [-0.15, -0.1) is 0 Å². The lowest BCUT2D eigenvalue weighted by molar-refractivity contribution is 1.10. The fourth-order valence-electron chi connectivity index (χ4n) is 12.6. The van der Waals surface area contributed by atoms with Crippen LogP contribution in [-0.2, 0) is 0 Å². The summed E-state index contributed by atoms with van der Waals surface area (Å²) >= 11 is 0. The largest absolute Gasteiger partial charge is 0.292 e. The highest BCUT2D eigenvalue weighted by atomic mass is 15.1. The Hall–Kier alpha value is -11.1. The summed E-state index contributed by atoms with van der Waals surface area (Å²) in [6.07, 6.45) is 0. The third-order valence-electron chi connectivity index (χ3n) is 16.6. The molecule has 16 rings (SSSR count). The number of aromatic nitrogens is 4. The van der Waals surface area contributed by atoms with Gasteiger partial charge in [-0.1, -0.05) is 255 Å². The topological polar surface area (TPSA) is 43.6 Å². The van der Waals surface area contributed by atoms with Gasteiger partial charge < -0.3 is 0 Å². The summed E-state index contributed by atoms with van der Waals surface area (Å²) in [5.74, 6) is 0.888. The Morgan fingerprint density at radius 2 is 0.675 bits per heavy atom. The van der Waals surface area contributed by atoms with Crippen molar-refractivity contribution in [2.45, 2.75) is 0 Å². The predicted octanol–water partition coefficient (Wildman–Crippen LogP) is 20.9. The highest BCUT2D eigenvalue weighted by molar-refractivity contribution is 6.22. The normalized spacial score (nSPS) is 11.6. The monoisotopic (exact) mass is 1050 g/mol. The molecule has 386 valence electrons. The smallest absolute Gasteiger partial charge is 0.145 e. The van der Waals surface area contributed by atoms with E-state index in [1.165, 1.54) is 60.1 Å². The average molecular weight is 1060 g/mol. The summed E-state index contributed by atoms with van der Waals surface area (Å²) in [4.78, 5) is 16.5. The van der Waals surface area contributed by atoms with Crippen LogP contribution in [0.25, 0.3) is 160 Å². The molecule has 0 aliphatic carbocycles. The van der Waals surface area contributed by atoms with Gasteiger partial charge in [-0.3, -0.25) is 4.57 Å². The van der Waals surface area contributed by atoms with Crippen LogP contribution in [-0.4, -0.2) is 19.5 Å². The van der Waals surface area contributed by atoms with E-state index in [1.54, 1.807) is 0 Å². The van der Waals surface area contributed by atoms with Gasteiger partial charge in [-0.2, -0.15) is 0 Å². The van der Waals surface area contributed by atoms with Crippen LogP contribution >= 0.6 is 0 Å². The summed E-state index contributed by atoms with van der Waals surface area (Å²) < 4.78 is 2.24. The first kappa shape index (κ1) is 47.9. The maximum atomic E-state index is 5.66. The molecule has 4 nitrogen and oxygen atoms in total.